The van der Waals surface area contributed by atoms with Crippen LogP contribution in [0.15, 0.2) is 0 Å². The number of rotatable bonds is 10. The third-order valence-electron chi connectivity index (χ3n) is 3.30. The van der Waals surface area contributed by atoms with Gasteiger partial charge in [-0.15, -0.1) is 0 Å². The average Bonchev–Trinajstić information content (AvgIpc) is 2.34. The van der Waals surface area contributed by atoms with Crippen molar-refractivity contribution in [2.45, 2.75) is 58.9 Å². The monoisotopic (exact) mass is 256 g/mol. The smallest absolute Gasteiger partial charge is 0.220 e. The molecule has 0 saturated carbocycles. The zero-order valence-electron chi connectivity index (χ0n) is 12.2. The molecule has 0 unspecified atom stereocenters. The molecular formula is C14H28N2O2. The number of nitrogens with one attached hydrogen (secondary N) is 2. The molecule has 0 aromatic rings. The van der Waals surface area contributed by atoms with Crippen LogP contribution in [-0.4, -0.2) is 31.3 Å². The van der Waals surface area contributed by atoms with Gasteiger partial charge < -0.3 is 10.6 Å². The molecular weight excluding hydrogens is 228 g/mol. The molecule has 0 spiro atoms. The molecule has 0 rings (SSSR count). The first-order chi connectivity index (χ1) is 8.52. The molecule has 0 aromatic carbocycles. The number of Topliss-reactive ketones (excluding diaryl/α,β-unsaturated/α-hetero) is 1. The van der Waals surface area contributed by atoms with Gasteiger partial charge in [-0.25, -0.2) is 0 Å². The van der Waals surface area contributed by atoms with Crippen molar-refractivity contribution in [2.24, 2.45) is 5.92 Å². The number of carbonyl (C=O) groups excluding carboxylic acids is 2. The summed E-state index contributed by atoms with van der Waals surface area (Å²) in [5.41, 5.74) is 0. The van der Waals surface area contributed by atoms with Gasteiger partial charge in [0.25, 0.3) is 0 Å². The second-order valence-corrected chi connectivity index (χ2v) is 4.96. The van der Waals surface area contributed by atoms with Crippen molar-refractivity contribution in [3.8, 4) is 0 Å². The minimum absolute atomic E-state index is 0.0000392. The van der Waals surface area contributed by atoms with Crippen molar-refractivity contribution in [1.82, 2.24) is 10.6 Å². The van der Waals surface area contributed by atoms with Crippen LogP contribution in [-0.2, 0) is 9.59 Å². The van der Waals surface area contributed by atoms with E-state index in [1.807, 2.05) is 20.9 Å². The van der Waals surface area contributed by atoms with E-state index < -0.39 is 0 Å². The van der Waals surface area contributed by atoms with Crippen LogP contribution in [0.1, 0.15) is 52.9 Å². The fourth-order valence-electron chi connectivity index (χ4n) is 1.89. The van der Waals surface area contributed by atoms with Crippen LogP contribution in [0.3, 0.4) is 0 Å². The Morgan fingerprint density at radius 2 is 1.83 bits per heavy atom. The predicted molar refractivity (Wildman–Crippen MR) is 74.5 cm³/mol. The lowest BCUT2D eigenvalue weighted by Crippen LogP contribution is -2.43. The van der Waals surface area contributed by atoms with Crippen LogP contribution >= 0.6 is 0 Å². The lowest BCUT2D eigenvalue weighted by Gasteiger charge is -2.21. The maximum absolute atomic E-state index is 11.7. The molecule has 106 valence electrons. The van der Waals surface area contributed by atoms with Gasteiger partial charge in [0.05, 0.1) is 6.04 Å². The van der Waals surface area contributed by atoms with Crippen LogP contribution in [0.2, 0.25) is 0 Å². The predicted octanol–water partition coefficient (Wildman–Crippen LogP) is 1.89. The SMILES string of the molecule is CC[C@H](C)[C@H](NC(=O)CCCCCNC)C(C)=O. The van der Waals surface area contributed by atoms with Gasteiger partial charge in [-0.1, -0.05) is 26.7 Å². The summed E-state index contributed by atoms with van der Waals surface area (Å²) in [6, 6.07) is -0.320. The first-order valence-electron chi connectivity index (χ1n) is 6.97. The minimum Gasteiger partial charge on any atom is -0.346 e. The van der Waals surface area contributed by atoms with Crippen molar-refractivity contribution >= 4 is 11.7 Å². The fraction of sp³-hybridized carbons (Fsp3) is 0.857. The molecule has 18 heavy (non-hydrogen) atoms. The zero-order valence-corrected chi connectivity index (χ0v) is 12.2. The number of hydrogen-bond donors (Lipinski definition) is 2. The topological polar surface area (TPSA) is 58.2 Å². The summed E-state index contributed by atoms with van der Waals surface area (Å²) in [5, 5.41) is 5.93. The third kappa shape index (κ3) is 7.43. The number of amides is 1. The Balaban J connectivity index is 3.92. The molecule has 4 nitrogen and oxygen atoms in total. The Morgan fingerprint density at radius 1 is 1.17 bits per heavy atom. The number of unbranched alkanes of at least 4 members (excludes halogenated alkanes) is 2. The second-order valence-electron chi connectivity index (χ2n) is 4.96. The summed E-state index contributed by atoms with van der Waals surface area (Å²) in [6.07, 6.45) is 4.43. The maximum atomic E-state index is 11.7. The normalized spacial score (nSPS) is 14.0. The second kappa shape index (κ2) is 10.1. The van der Waals surface area contributed by atoms with Crippen LogP contribution in [0.5, 0.6) is 0 Å². The number of ketones is 1. The quantitative estimate of drug-likeness (QED) is 0.587. The summed E-state index contributed by atoms with van der Waals surface area (Å²) in [6.45, 7) is 6.57. The lowest BCUT2D eigenvalue weighted by molar-refractivity contribution is -0.128. The molecule has 0 fully saturated rings. The van der Waals surface area contributed by atoms with E-state index in [0.29, 0.717) is 6.42 Å². The van der Waals surface area contributed by atoms with Gasteiger partial charge in [0.2, 0.25) is 5.91 Å². The highest BCUT2D eigenvalue weighted by Crippen LogP contribution is 2.09. The largest absolute Gasteiger partial charge is 0.346 e. The highest BCUT2D eigenvalue weighted by atomic mass is 16.2. The highest BCUT2D eigenvalue weighted by Gasteiger charge is 2.21. The van der Waals surface area contributed by atoms with Crippen LogP contribution in [0, 0.1) is 5.92 Å². The van der Waals surface area contributed by atoms with Gasteiger partial charge in [0.15, 0.2) is 5.78 Å². The minimum atomic E-state index is -0.320. The van der Waals surface area contributed by atoms with Crippen molar-refractivity contribution in [2.75, 3.05) is 13.6 Å². The molecule has 2 N–H and O–H groups in total. The molecule has 0 aliphatic heterocycles. The van der Waals surface area contributed by atoms with E-state index >= 15 is 0 Å². The highest BCUT2D eigenvalue weighted by molar-refractivity contribution is 5.87. The molecule has 0 aromatic heterocycles. The van der Waals surface area contributed by atoms with Gasteiger partial charge in [0.1, 0.15) is 0 Å². The van der Waals surface area contributed by atoms with Gasteiger partial charge in [-0.3, -0.25) is 9.59 Å². The van der Waals surface area contributed by atoms with Gasteiger partial charge >= 0.3 is 0 Å². The summed E-state index contributed by atoms with van der Waals surface area (Å²) in [4.78, 5) is 23.2. The van der Waals surface area contributed by atoms with Gasteiger partial charge in [0, 0.05) is 6.42 Å². The third-order valence-corrected chi connectivity index (χ3v) is 3.30. The molecule has 0 aliphatic carbocycles. The van der Waals surface area contributed by atoms with E-state index in [1.165, 1.54) is 0 Å². The molecule has 0 aliphatic rings. The van der Waals surface area contributed by atoms with Crippen molar-refractivity contribution in [3.05, 3.63) is 0 Å². The van der Waals surface area contributed by atoms with Gasteiger partial charge in [-0.2, -0.15) is 0 Å². The maximum Gasteiger partial charge on any atom is 0.220 e. The van der Waals surface area contributed by atoms with E-state index in [-0.39, 0.29) is 23.7 Å². The molecule has 2 atom stereocenters. The molecule has 0 bridgehead atoms. The van der Waals surface area contributed by atoms with E-state index in [9.17, 15) is 9.59 Å². The molecule has 1 amide bonds. The Bertz CT molecular complexity index is 254. The van der Waals surface area contributed by atoms with Gasteiger partial charge in [-0.05, 0) is 39.3 Å². The summed E-state index contributed by atoms with van der Waals surface area (Å²) < 4.78 is 0. The Labute approximate surface area is 111 Å². The zero-order chi connectivity index (χ0) is 14.0. The Hall–Kier alpha value is -0.900. The first kappa shape index (κ1) is 17.1. The fourth-order valence-corrected chi connectivity index (χ4v) is 1.89. The number of carbonyl (C=O) groups is 2. The molecule has 4 heteroatoms. The number of hydrogen-bond acceptors (Lipinski definition) is 3. The molecule has 0 saturated heterocycles. The average molecular weight is 256 g/mol. The Morgan fingerprint density at radius 3 is 2.33 bits per heavy atom. The summed E-state index contributed by atoms with van der Waals surface area (Å²) in [5.74, 6) is 0.253. The molecule has 0 heterocycles. The standard InChI is InChI=1S/C14H28N2O2/c1-5-11(2)14(12(3)17)16-13(18)9-7-6-8-10-15-4/h11,14-15H,5-10H2,1-4H3,(H,16,18)/t11-,14-/m0/s1. The van der Waals surface area contributed by atoms with E-state index in [2.05, 4.69) is 10.6 Å². The van der Waals surface area contributed by atoms with E-state index in [1.54, 1.807) is 6.92 Å². The van der Waals surface area contributed by atoms with E-state index in [4.69, 9.17) is 0 Å². The van der Waals surface area contributed by atoms with Crippen LogP contribution < -0.4 is 10.6 Å². The van der Waals surface area contributed by atoms with Crippen molar-refractivity contribution in [3.63, 3.8) is 0 Å². The van der Waals surface area contributed by atoms with Crippen molar-refractivity contribution in [1.29, 1.82) is 0 Å². The van der Waals surface area contributed by atoms with Crippen LogP contribution in [0.4, 0.5) is 0 Å². The Kier molecular flexibility index (Phi) is 9.56. The summed E-state index contributed by atoms with van der Waals surface area (Å²) in [7, 11) is 1.93. The first-order valence-corrected chi connectivity index (χ1v) is 6.97. The van der Waals surface area contributed by atoms with Crippen LogP contribution in [0.25, 0.3) is 0 Å². The molecule has 0 radical (unpaired) electrons. The lowest BCUT2D eigenvalue weighted by atomic mass is 9.96. The summed E-state index contributed by atoms with van der Waals surface area (Å²) >= 11 is 0. The van der Waals surface area contributed by atoms with E-state index in [0.717, 1.165) is 32.2 Å². The van der Waals surface area contributed by atoms with Crippen molar-refractivity contribution < 1.29 is 9.59 Å².